The molecular weight excluding hydrogens is 727 g/mol. The number of benzene rings is 5. The molecule has 0 bridgehead atoms. The van der Waals surface area contributed by atoms with Crippen LogP contribution in [0.2, 0.25) is 0 Å². The summed E-state index contributed by atoms with van der Waals surface area (Å²) >= 11 is 0. The van der Waals surface area contributed by atoms with E-state index in [-0.39, 0.29) is 20.1 Å². The summed E-state index contributed by atoms with van der Waals surface area (Å²) in [7, 11) is 0. The molecule has 0 aliphatic heterocycles. The topological polar surface area (TPSA) is 38.7 Å². The maximum absolute atomic E-state index is 5.16. The molecule has 0 N–H and O–H groups in total. The van der Waals surface area contributed by atoms with Gasteiger partial charge in [0.25, 0.3) is 0 Å². The predicted molar refractivity (Wildman–Crippen MR) is 182 cm³/mol. The fourth-order valence-electron chi connectivity index (χ4n) is 5.83. The van der Waals surface area contributed by atoms with Gasteiger partial charge in [-0.3, -0.25) is 0 Å². The predicted octanol–water partition coefficient (Wildman–Crippen LogP) is 10.4. The normalized spacial score (nSPS) is 10.9. The van der Waals surface area contributed by atoms with E-state index in [1.807, 2.05) is 18.3 Å². The number of hydrogen-bond donors (Lipinski definition) is 0. The van der Waals surface area contributed by atoms with Crippen molar-refractivity contribution in [2.24, 2.45) is 0 Å². The average molecular weight is 759 g/mol. The molecular formula is C41H32IrN3-. The van der Waals surface area contributed by atoms with Gasteiger partial charge in [-0.2, -0.15) is 0 Å². The first-order valence-electron chi connectivity index (χ1n) is 14.9. The molecule has 0 atom stereocenters. The van der Waals surface area contributed by atoms with Gasteiger partial charge in [-0.15, -0.1) is 35.4 Å². The van der Waals surface area contributed by atoms with Crippen molar-refractivity contribution < 1.29 is 20.1 Å². The summed E-state index contributed by atoms with van der Waals surface area (Å²) in [5, 5.41) is 2.28. The molecule has 2 aromatic heterocycles. The van der Waals surface area contributed by atoms with E-state index in [0.29, 0.717) is 5.82 Å². The number of nitrogens with zero attached hydrogens (tertiary/aromatic N) is 3. The molecule has 221 valence electrons. The molecule has 0 spiro atoms. The van der Waals surface area contributed by atoms with Crippen LogP contribution in [0.1, 0.15) is 22.3 Å². The molecule has 0 unspecified atom stereocenters. The number of pyridine rings is 1. The zero-order valence-corrected chi connectivity index (χ0v) is 28.1. The molecule has 0 saturated carbocycles. The molecule has 45 heavy (non-hydrogen) atoms. The summed E-state index contributed by atoms with van der Waals surface area (Å²) in [5.41, 5.74) is 14.0. The smallest absolute Gasteiger partial charge is 0.160 e. The van der Waals surface area contributed by atoms with Gasteiger partial charge in [-0.05, 0) is 91.2 Å². The molecule has 0 aliphatic rings. The van der Waals surface area contributed by atoms with Gasteiger partial charge in [-0.25, -0.2) is 9.97 Å². The van der Waals surface area contributed by atoms with Crippen LogP contribution < -0.4 is 0 Å². The molecule has 2 heterocycles. The molecule has 3 nitrogen and oxygen atoms in total. The number of rotatable bonds is 5. The Bertz CT molecular complexity index is 2110. The molecule has 0 fully saturated rings. The van der Waals surface area contributed by atoms with Crippen molar-refractivity contribution in [1.29, 1.82) is 0 Å². The fraction of sp³-hybridized carbons (Fsp3) is 0.0976. The van der Waals surface area contributed by atoms with Crippen LogP contribution in [0.4, 0.5) is 0 Å². The van der Waals surface area contributed by atoms with Gasteiger partial charge in [0.05, 0.1) is 11.4 Å². The monoisotopic (exact) mass is 759 g/mol. The van der Waals surface area contributed by atoms with Crippen molar-refractivity contribution in [3.63, 3.8) is 0 Å². The van der Waals surface area contributed by atoms with E-state index in [1.165, 1.54) is 27.6 Å². The van der Waals surface area contributed by atoms with E-state index < -0.39 is 0 Å². The molecule has 1 radical (unpaired) electrons. The van der Waals surface area contributed by atoms with Crippen molar-refractivity contribution in [3.8, 4) is 56.3 Å². The van der Waals surface area contributed by atoms with Gasteiger partial charge in [0.15, 0.2) is 5.82 Å². The number of fused-ring (bicyclic) bond motifs is 1. The maximum atomic E-state index is 5.16. The minimum absolute atomic E-state index is 0. The Morgan fingerprint density at radius 3 is 1.91 bits per heavy atom. The van der Waals surface area contributed by atoms with Gasteiger partial charge in [-0.1, -0.05) is 77.9 Å². The third-order valence-corrected chi connectivity index (χ3v) is 8.25. The Kier molecular flexibility index (Phi) is 8.54. The van der Waals surface area contributed by atoms with Crippen LogP contribution in [-0.2, 0) is 20.1 Å². The van der Waals surface area contributed by atoms with Crippen LogP contribution in [0.25, 0.3) is 67.1 Å². The molecule has 7 rings (SSSR count). The fourth-order valence-corrected chi connectivity index (χ4v) is 5.83. The SMILES string of the molecule is Cc1ccc(C)c(-c2cc(-c3cc(C)ccc3C)nc(-c3cccc(-c4cc[c-]c(-c5nccc6ccccc56)c4)c3)n2)c1.[Ir]. The van der Waals surface area contributed by atoms with Crippen molar-refractivity contribution in [1.82, 2.24) is 15.0 Å². The van der Waals surface area contributed by atoms with E-state index in [4.69, 9.17) is 15.0 Å². The maximum Gasteiger partial charge on any atom is 0.160 e. The summed E-state index contributed by atoms with van der Waals surface area (Å²) < 4.78 is 0. The number of hydrogen-bond acceptors (Lipinski definition) is 3. The summed E-state index contributed by atoms with van der Waals surface area (Å²) in [6, 6.07) is 43.8. The van der Waals surface area contributed by atoms with Crippen LogP contribution in [0.5, 0.6) is 0 Å². The molecule has 0 aliphatic carbocycles. The van der Waals surface area contributed by atoms with Crippen molar-refractivity contribution in [2.75, 3.05) is 0 Å². The van der Waals surface area contributed by atoms with Gasteiger partial charge >= 0.3 is 0 Å². The molecule has 7 aromatic rings. The van der Waals surface area contributed by atoms with Gasteiger partial charge in [0.1, 0.15) is 0 Å². The molecule has 4 heteroatoms. The Hall–Kier alpha value is -4.76. The molecule has 0 amide bonds. The van der Waals surface area contributed by atoms with Crippen LogP contribution in [0, 0.1) is 33.8 Å². The standard InChI is InChI=1S/C41H32N3.Ir/c1-26-15-17-28(3)36(21-26)38-25-39(37-22-27(2)16-18-29(37)4)44-41(43-38)34-13-8-11-32(24-34)31-10-7-12-33(23-31)40-35-14-6-5-9-30(35)19-20-42-40;/h5-11,13-25H,1-4H3;/q-1;. The minimum atomic E-state index is 0. The minimum Gasteiger partial charge on any atom is -0.304 e. The Balaban J connectivity index is 0.00000357. The van der Waals surface area contributed by atoms with Crippen molar-refractivity contribution >= 4 is 10.8 Å². The van der Waals surface area contributed by atoms with E-state index in [1.54, 1.807) is 0 Å². The number of aromatic nitrogens is 3. The van der Waals surface area contributed by atoms with E-state index in [2.05, 4.69) is 137 Å². The third kappa shape index (κ3) is 6.13. The van der Waals surface area contributed by atoms with Crippen LogP contribution >= 0.6 is 0 Å². The third-order valence-electron chi connectivity index (χ3n) is 8.25. The number of aryl methyl sites for hydroxylation is 4. The van der Waals surface area contributed by atoms with Crippen molar-refractivity contribution in [2.45, 2.75) is 27.7 Å². The van der Waals surface area contributed by atoms with Crippen LogP contribution in [-0.4, -0.2) is 15.0 Å². The quantitative estimate of drug-likeness (QED) is 0.164. The second-order valence-electron chi connectivity index (χ2n) is 11.6. The zero-order chi connectivity index (χ0) is 30.2. The van der Waals surface area contributed by atoms with E-state index in [9.17, 15) is 0 Å². The van der Waals surface area contributed by atoms with Crippen molar-refractivity contribution in [3.05, 3.63) is 150 Å². The second-order valence-corrected chi connectivity index (χ2v) is 11.6. The first-order valence-corrected chi connectivity index (χ1v) is 14.9. The Morgan fingerprint density at radius 1 is 0.556 bits per heavy atom. The molecule has 0 saturated heterocycles. The molecule has 5 aromatic carbocycles. The largest absolute Gasteiger partial charge is 0.304 e. The Morgan fingerprint density at radius 2 is 1.20 bits per heavy atom. The van der Waals surface area contributed by atoms with Gasteiger partial charge < -0.3 is 4.98 Å². The summed E-state index contributed by atoms with van der Waals surface area (Å²) in [5.74, 6) is 0.708. The van der Waals surface area contributed by atoms with E-state index >= 15 is 0 Å². The first kappa shape index (κ1) is 30.3. The van der Waals surface area contributed by atoms with E-state index in [0.717, 1.165) is 55.8 Å². The summed E-state index contributed by atoms with van der Waals surface area (Å²) in [6.45, 7) is 8.53. The average Bonchev–Trinajstić information content (AvgIpc) is 3.06. The van der Waals surface area contributed by atoms with Crippen LogP contribution in [0.3, 0.4) is 0 Å². The Labute approximate surface area is 278 Å². The first-order chi connectivity index (χ1) is 21.4. The second kappa shape index (κ2) is 12.7. The van der Waals surface area contributed by atoms with Crippen LogP contribution in [0.15, 0.2) is 121 Å². The summed E-state index contributed by atoms with van der Waals surface area (Å²) in [4.78, 5) is 15.0. The summed E-state index contributed by atoms with van der Waals surface area (Å²) in [6.07, 6.45) is 1.87. The zero-order valence-electron chi connectivity index (χ0n) is 25.7. The van der Waals surface area contributed by atoms with Gasteiger partial charge in [0.2, 0.25) is 0 Å². The van der Waals surface area contributed by atoms with Gasteiger partial charge in [0, 0.05) is 43.0 Å².